The van der Waals surface area contributed by atoms with Crippen LogP contribution in [0.15, 0.2) is 0 Å². The molecule has 1 atom stereocenters. The van der Waals surface area contributed by atoms with Crippen LogP contribution in [0, 0.1) is 0 Å². The average Bonchev–Trinajstić information content (AvgIpc) is 2.76. The predicted molar refractivity (Wildman–Crippen MR) is 67.4 cm³/mol. The summed E-state index contributed by atoms with van der Waals surface area (Å²) in [6, 6.07) is 0.898. The zero-order valence-electron chi connectivity index (χ0n) is 10.7. The molecule has 1 aliphatic rings. The number of carbonyl (C=O) groups is 1. The van der Waals surface area contributed by atoms with Gasteiger partial charge in [-0.3, -0.25) is 4.79 Å². The predicted octanol–water partition coefficient (Wildman–Crippen LogP) is 2.21. The molecule has 1 unspecified atom stereocenters. The van der Waals surface area contributed by atoms with Gasteiger partial charge in [0.05, 0.1) is 6.54 Å². The van der Waals surface area contributed by atoms with Crippen molar-refractivity contribution in [3.8, 4) is 0 Å². The van der Waals surface area contributed by atoms with Crippen LogP contribution < -0.4 is 10.6 Å². The molecule has 3 nitrogen and oxygen atoms in total. The molecule has 0 radical (unpaired) electrons. The minimum atomic E-state index is 0.149. The van der Waals surface area contributed by atoms with Gasteiger partial charge in [0, 0.05) is 12.1 Å². The molecule has 1 aliphatic carbocycles. The van der Waals surface area contributed by atoms with E-state index in [0.29, 0.717) is 18.6 Å². The first-order valence-electron chi connectivity index (χ1n) is 6.75. The lowest BCUT2D eigenvalue weighted by Gasteiger charge is -2.15. The van der Waals surface area contributed by atoms with Crippen molar-refractivity contribution < 1.29 is 4.79 Å². The van der Waals surface area contributed by atoms with Gasteiger partial charge >= 0.3 is 0 Å². The summed E-state index contributed by atoms with van der Waals surface area (Å²) in [5.74, 6) is 0.149. The summed E-state index contributed by atoms with van der Waals surface area (Å²) in [5, 5.41) is 6.37. The van der Waals surface area contributed by atoms with Gasteiger partial charge in [0.25, 0.3) is 0 Å². The van der Waals surface area contributed by atoms with E-state index >= 15 is 0 Å². The van der Waals surface area contributed by atoms with Crippen molar-refractivity contribution in [2.45, 2.75) is 70.9 Å². The molecule has 0 heterocycles. The van der Waals surface area contributed by atoms with Crippen LogP contribution in [-0.2, 0) is 4.79 Å². The van der Waals surface area contributed by atoms with Crippen LogP contribution in [0.4, 0.5) is 0 Å². The van der Waals surface area contributed by atoms with Crippen molar-refractivity contribution in [2.24, 2.45) is 0 Å². The van der Waals surface area contributed by atoms with Crippen LogP contribution in [-0.4, -0.2) is 24.5 Å². The highest BCUT2D eigenvalue weighted by atomic mass is 16.1. The van der Waals surface area contributed by atoms with Gasteiger partial charge in [-0.1, -0.05) is 32.6 Å². The molecule has 94 valence electrons. The first kappa shape index (κ1) is 13.5. The third-order valence-electron chi connectivity index (χ3n) is 3.30. The number of carbonyl (C=O) groups excluding carboxylic acids is 1. The van der Waals surface area contributed by atoms with Gasteiger partial charge in [0.1, 0.15) is 0 Å². The Bertz CT molecular complexity index is 200. The molecule has 2 N–H and O–H groups in total. The van der Waals surface area contributed by atoms with E-state index in [9.17, 15) is 4.79 Å². The Balaban J connectivity index is 2.05. The van der Waals surface area contributed by atoms with E-state index < -0.39 is 0 Å². The highest BCUT2D eigenvalue weighted by Gasteiger charge is 2.15. The lowest BCUT2D eigenvalue weighted by atomic mass is 10.1. The molecule has 0 spiro atoms. The average molecular weight is 226 g/mol. The molecule has 1 saturated carbocycles. The largest absolute Gasteiger partial charge is 0.353 e. The van der Waals surface area contributed by atoms with Gasteiger partial charge in [-0.25, -0.2) is 0 Å². The normalized spacial score (nSPS) is 18.6. The molecule has 0 aliphatic heterocycles. The molecule has 0 bridgehead atoms. The van der Waals surface area contributed by atoms with E-state index in [-0.39, 0.29) is 5.91 Å². The monoisotopic (exact) mass is 226 g/mol. The number of rotatable bonds is 7. The Labute approximate surface area is 99.4 Å². The van der Waals surface area contributed by atoms with Crippen LogP contribution in [0.3, 0.4) is 0 Å². The Hall–Kier alpha value is -0.570. The van der Waals surface area contributed by atoms with E-state index in [2.05, 4.69) is 24.5 Å². The highest BCUT2D eigenvalue weighted by Crippen LogP contribution is 2.17. The topological polar surface area (TPSA) is 41.1 Å². The minimum absolute atomic E-state index is 0.149. The summed E-state index contributed by atoms with van der Waals surface area (Å²) in [6.45, 7) is 4.75. The second-order valence-corrected chi connectivity index (χ2v) is 4.97. The first-order valence-corrected chi connectivity index (χ1v) is 6.75. The highest BCUT2D eigenvalue weighted by molar-refractivity contribution is 5.78. The van der Waals surface area contributed by atoms with Crippen molar-refractivity contribution in [3.05, 3.63) is 0 Å². The van der Waals surface area contributed by atoms with Crippen LogP contribution >= 0.6 is 0 Å². The number of unbranched alkanes of at least 4 members (excludes halogenated alkanes) is 1. The van der Waals surface area contributed by atoms with Crippen molar-refractivity contribution in [3.63, 3.8) is 0 Å². The molecule has 0 saturated heterocycles. The van der Waals surface area contributed by atoms with Crippen LogP contribution in [0.2, 0.25) is 0 Å². The van der Waals surface area contributed by atoms with Gasteiger partial charge in [-0.05, 0) is 26.2 Å². The fourth-order valence-corrected chi connectivity index (χ4v) is 2.28. The fourth-order valence-electron chi connectivity index (χ4n) is 2.28. The molecule has 3 heteroatoms. The van der Waals surface area contributed by atoms with Crippen LogP contribution in [0.25, 0.3) is 0 Å². The first-order chi connectivity index (χ1) is 7.72. The van der Waals surface area contributed by atoms with Crippen molar-refractivity contribution in [2.75, 3.05) is 6.54 Å². The molecule has 0 aromatic rings. The number of nitrogens with one attached hydrogen (secondary N) is 2. The lowest BCUT2D eigenvalue weighted by Crippen LogP contribution is -2.41. The number of hydrogen-bond donors (Lipinski definition) is 2. The maximum atomic E-state index is 11.6. The molecule has 0 aromatic carbocycles. The zero-order valence-corrected chi connectivity index (χ0v) is 10.7. The van der Waals surface area contributed by atoms with Crippen molar-refractivity contribution in [1.29, 1.82) is 0 Å². The van der Waals surface area contributed by atoms with E-state index in [4.69, 9.17) is 0 Å². The van der Waals surface area contributed by atoms with Crippen LogP contribution in [0.5, 0.6) is 0 Å². The van der Waals surface area contributed by atoms with E-state index in [1.54, 1.807) is 0 Å². The summed E-state index contributed by atoms with van der Waals surface area (Å²) in [6.07, 6.45) is 8.57. The SMILES string of the molecule is CCCCC(C)NC(=O)CNC1CCCC1. The zero-order chi connectivity index (χ0) is 11.8. The maximum Gasteiger partial charge on any atom is 0.234 e. The maximum absolute atomic E-state index is 11.6. The summed E-state index contributed by atoms with van der Waals surface area (Å²) >= 11 is 0. The Kier molecular flexibility index (Phi) is 6.46. The van der Waals surface area contributed by atoms with Crippen molar-refractivity contribution >= 4 is 5.91 Å². The van der Waals surface area contributed by atoms with Gasteiger partial charge < -0.3 is 10.6 Å². The minimum Gasteiger partial charge on any atom is -0.353 e. The number of amides is 1. The second-order valence-electron chi connectivity index (χ2n) is 4.97. The Morgan fingerprint density at radius 1 is 1.38 bits per heavy atom. The smallest absolute Gasteiger partial charge is 0.234 e. The standard InChI is InChI=1S/C13H26N2O/c1-3-4-7-11(2)15-13(16)10-14-12-8-5-6-9-12/h11-12,14H,3-10H2,1-2H3,(H,15,16). The van der Waals surface area contributed by atoms with Gasteiger partial charge in [0.15, 0.2) is 0 Å². The third-order valence-corrected chi connectivity index (χ3v) is 3.30. The van der Waals surface area contributed by atoms with Crippen LogP contribution in [0.1, 0.15) is 58.8 Å². The summed E-state index contributed by atoms with van der Waals surface area (Å²) < 4.78 is 0. The van der Waals surface area contributed by atoms with Crippen molar-refractivity contribution in [1.82, 2.24) is 10.6 Å². The van der Waals surface area contributed by atoms with E-state index in [1.165, 1.54) is 38.5 Å². The van der Waals surface area contributed by atoms with Gasteiger partial charge in [-0.2, -0.15) is 0 Å². The molecule has 0 aromatic heterocycles. The third kappa shape index (κ3) is 5.50. The fraction of sp³-hybridized carbons (Fsp3) is 0.923. The quantitative estimate of drug-likeness (QED) is 0.699. The van der Waals surface area contributed by atoms with E-state index in [1.807, 2.05) is 0 Å². The Morgan fingerprint density at radius 2 is 2.06 bits per heavy atom. The summed E-state index contributed by atoms with van der Waals surface area (Å²) in [7, 11) is 0. The molecule has 1 amide bonds. The summed E-state index contributed by atoms with van der Waals surface area (Å²) in [5.41, 5.74) is 0. The molecule has 1 fully saturated rings. The Morgan fingerprint density at radius 3 is 2.69 bits per heavy atom. The lowest BCUT2D eigenvalue weighted by molar-refractivity contribution is -0.121. The molecule has 1 rings (SSSR count). The second kappa shape index (κ2) is 7.66. The van der Waals surface area contributed by atoms with Gasteiger partial charge in [-0.15, -0.1) is 0 Å². The molecular weight excluding hydrogens is 200 g/mol. The van der Waals surface area contributed by atoms with E-state index in [0.717, 1.165) is 6.42 Å². The number of hydrogen-bond acceptors (Lipinski definition) is 2. The molecule has 16 heavy (non-hydrogen) atoms. The summed E-state index contributed by atoms with van der Waals surface area (Å²) in [4.78, 5) is 11.6. The molecular formula is C13H26N2O. The van der Waals surface area contributed by atoms with Gasteiger partial charge in [0.2, 0.25) is 5.91 Å².